The largest absolute Gasteiger partial charge is 0.490 e. The van der Waals surface area contributed by atoms with E-state index in [1.54, 1.807) is 36.4 Å². The van der Waals surface area contributed by atoms with Crippen molar-refractivity contribution < 1.29 is 60.5 Å². The zero-order valence-corrected chi connectivity index (χ0v) is 34.0. The molecule has 10 N–H and O–H groups in total. The van der Waals surface area contributed by atoms with Crippen LogP contribution in [-0.2, 0) is 32.0 Å². The fourth-order valence-electron chi connectivity index (χ4n) is 4.86. The predicted octanol–water partition coefficient (Wildman–Crippen LogP) is 5.45. The maximum absolute atomic E-state index is 14.4. The first-order valence-corrected chi connectivity index (χ1v) is 18.4. The molecule has 1 heterocycles. The summed E-state index contributed by atoms with van der Waals surface area (Å²) in [7, 11) is 0. The standard InChI is InChI=1S/C28H34Br2Cl2N8O3.2C2HF3O2/c29-19-7-5-17(13-21(19)31)15-28(16-18-6-8-20(30)22(32)14-18)23(41)39(11-3-1-9-37-25(33)34)27(43)40(24(28)42)12-4-2-10-38-26(35)36;2*3-2(4,5)1(6)7/h5-8,13-14H,1-4,9-12,15-16H2,(H4,33,34,37)(H4,35,36,38);2*(H,6,7). The summed E-state index contributed by atoms with van der Waals surface area (Å²) in [6.45, 7) is 0.844. The number of rotatable bonds is 14. The molecule has 0 saturated carbocycles. The van der Waals surface area contributed by atoms with E-state index < -0.39 is 47.6 Å². The Kier molecular flexibility index (Phi) is 20.0. The molecular weight excluding hydrogens is 953 g/mol. The number of nitrogens with zero attached hydrogens (tertiary/aromatic N) is 4. The predicted molar refractivity (Wildman–Crippen MR) is 204 cm³/mol. The van der Waals surface area contributed by atoms with Gasteiger partial charge in [-0.05, 0) is 106 Å². The summed E-state index contributed by atoms with van der Waals surface area (Å²) in [5, 5.41) is 15.1. The molecule has 0 aromatic heterocycles. The molecule has 4 amide bonds. The van der Waals surface area contributed by atoms with Crippen molar-refractivity contribution >= 4 is 96.8 Å². The SMILES string of the molecule is NC(N)=NCCCCN1C(=O)N(CCCCN=C(N)N)C(=O)C(Cc2ccc(Br)c(Cl)c2)(Cc2ccc(Br)c(Cl)c2)C1=O.O=C(O)C(F)(F)F.O=C(O)C(F)(F)F. The number of barbiturate groups is 1. The third kappa shape index (κ3) is 16.6. The van der Waals surface area contributed by atoms with E-state index in [2.05, 4.69) is 41.8 Å². The molecule has 1 aliphatic rings. The van der Waals surface area contributed by atoms with E-state index in [-0.39, 0.29) is 37.9 Å². The van der Waals surface area contributed by atoms with E-state index in [9.17, 15) is 40.7 Å². The molecule has 1 fully saturated rings. The van der Waals surface area contributed by atoms with Gasteiger partial charge in [-0.1, -0.05) is 35.3 Å². The highest BCUT2D eigenvalue weighted by molar-refractivity contribution is 9.10. The summed E-state index contributed by atoms with van der Waals surface area (Å²) in [6, 6.07) is 9.85. The van der Waals surface area contributed by atoms with Crippen molar-refractivity contribution in [2.24, 2.45) is 38.3 Å². The Morgan fingerprint density at radius 1 is 0.667 bits per heavy atom. The first-order valence-electron chi connectivity index (χ1n) is 16.0. The van der Waals surface area contributed by atoms with Gasteiger partial charge in [-0.3, -0.25) is 29.4 Å². The molecule has 0 aliphatic carbocycles. The van der Waals surface area contributed by atoms with Gasteiger partial charge in [-0.2, -0.15) is 26.3 Å². The number of carboxylic acid groups (broad SMARTS) is 2. The van der Waals surface area contributed by atoms with E-state index in [1.807, 2.05) is 0 Å². The number of amides is 4. The van der Waals surface area contributed by atoms with Crippen LogP contribution in [0.5, 0.6) is 0 Å². The second kappa shape index (κ2) is 22.6. The van der Waals surface area contributed by atoms with Gasteiger partial charge in [0, 0.05) is 35.1 Å². The van der Waals surface area contributed by atoms with Crippen molar-refractivity contribution in [2.45, 2.75) is 50.9 Å². The minimum Gasteiger partial charge on any atom is -0.475 e. The molecule has 1 aliphatic heterocycles. The Hall–Kier alpha value is -4.35. The summed E-state index contributed by atoms with van der Waals surface area (Å²) in [6.07, 6.45) is -8.23. The molecule has 25 heteroatoms. The molecule has 2 aromatic rings. The Bertz CT molecular complexity index is 1700. The average molecular weight is 989 g/mol. The highest BCUT2D eigenvalue weighted by Crippen LogP contribution is 2.39. The van der Waals surface area contributed by atoms with Gasteiger partial charge in [-0.15, -0.1) is 0 Å². The van der Waals surface area contributed by atoms with Crippen LogP contribution >= 0.6 is 55.1 Å². The molecule has 0 atom stereocenters. The topological polar surface area (TPSA) is 261 Å². The summed E-state index contributed by atoms with van der Waals surface area (Å²) >= 11 is 19.6. The number of unbranched alkanes of at least 4 members (excludes halogenated alkanes) is 2. The number of hydrogen-bond acceptors (Lipinski definition) is 7. The smallest absolute Gasteiger partial charge is 0.475 e. The lowest BCUT2D eigenvalue weighted by molar-refractivity contribution is -0.193. The van der Waals surface area contributed by atoms with E-state index >= 15 is 0 Å². The number of urea groups is 1. The first-order chi connectivity index (χ1) is 26.2. The van der Waals surface area contributed by atoms with Gasteiger partial charge in [0.1, 0.15) is 5.41 Å². The Morgan fingerprint density at radius 3 is 1.25 bits per heavy atom. The molecule has 57 heavy (non-hydrogen) atoms. The summed E-state index contributed by atoms with van der Waals surface area (Å²) < 4.78 is 64.8. The number of aliphatic imine (C=N–C) groups is 2. The van der Waals surface area contributed by atoms with Gasteiger partial charge in [0.15, 0.2) is 11.9 Å². The van der Waals surface area contributed by atoms with Crippen molar-refractivity contribution in [3.8, 4) is 0 Å². The second-order valence-electron chi connectivity index (χ2n) is 11.8. The van der Waals surface area contributed by atoms with Gasteiger partial charge < -0.3 is 33.1 Å². The molecule has 0 spiro atoms. The van der Waals surface area contributed by atoms with Crippen molar-refractivity contribution in [2.75, 3.05) is 26.2 Å². The zero-order valence-electron chi connectivity index (χ0n) is 29.3. The molecule has 316 valence electrons. The van der Waals surface area contributed by atoms with Gasteiger partial charge in [0.25, 0.3) is 0 Å². The van der Waals surface area contributed by atoms with Crippen LogP contribution in [0.3, 0.4) is 0 Å². The maximum atomic E-state index is 14.4. The quantitative estimate of drug-likeness (QED) is 0.0456. The van der Waals surface area contributed by atoms with Crippen LogP contribution in [0.25, 0.3) is 0 Å². The van der Waals surface area contributed by atoms with Crippen LogP contribution in [0.15, 0.2) is 55.3 Å². The number of aliphatic carboxylic acids is 2. The summed E-state index contributed by atoms with van der Waals surface area (Å²) in [5.41, 5.74) is 21.3. The minimum atomic E-state index is -5.08. The van der Waals surface area contributed by atoms with Crippen molar-refractivity contribution in [1.29, 1.82) is 0 Å². The lowest BCUT2D eigenvalue weighted by Gasteiger charge is -2.44. The number of carboxylic acids is 2. The number of halogens is 10. The van der Waals surface area contributed by atoms with Crippen LogP contribution in [-0.4, -0.2) is 100 Å². The Balaban J connectivity index is 0.000000984. The van der Waals surface area contributed by atoms with Gasteiger partial charge in [-0.25, -0.2) is 14.4 Å². The molecule has 0 bridgehead atoms. The second-order valence-corrected chi connectivity index (χ2v) is 14.3. The van der Waals surface area contributed by atoms with Gasteiger partial charge in [0.2, 0.25) is 11.8 Å². The van der Waals surface area contributed by atoms with Gasteiger partial charge in [0.05, 0.1) is 10.0 Å². The van der Waals surface area contributed by atoms with E-state index in [4.69, 9.17) is 65.9 Å². The van der Waals surface area contributed by atoms with E-state index in [1.165, 1.54) is 0 Å². The highest BCUT2D eigenvalue weighted by Gasteiger charge is 2.57. The fraction of sp³-hybridized carbons (Fsp3) is 0.406. The maximum Gasteiger partial charge on any atom is 0.490 e. The number of hydrogen-bond donors (Lipinski definition) is 6. The number of guanidine groups is 2. The van der Waals surface area contributed by atoms with Crippen LogP contribution in [0.1, 0.15) is 36.8 Å². The third-order valence-electron chi connectivity index (χ3n) is 7.40. The number of carbonyl (C=O) groups is 5. The molecule has 15 nitrogen and oxygen atoms in total. The lowest BCUT2D eigenvalue weighted by Crippen LogP contribution is -2.66. The number of benzene rings is 2. The third-order valence-corrected chi connectivity index (χ3v) is 9.87. The Labute approximate surface area is 347 Å². The molecule has 0 unspecified atom stereocenters. The van der Waals surface area contributed by atoms with Crippen LogP contribution in [0.2, 0.25) is 10.0 Å². The van der Waals surface area contributed by atoms with Crippen LogP contribution in [0, 0.1) is 5.41 Å². The van der Waals surface area contributed by atoms with Crippen molar-refractivity contribution in [3.63, 3.8) is 0 Å². The van der Waals surface area contributed by atoms with E-state index in [0.29, 0.717) is 68.9 Å². The van der Waals surface area contributed by atoms with Crippen LogP contribution in [0.4, 0.5) is 31.1 Å². The first kappa shape index (κ1) is 50.7. The summed E-state index contributed by atoms with van der Waals surface area (Å²) in [4.78, 5) is 70.6. The Morgan fingerprint density at radius 2 is 0.982 bits per heavy atom. The number of alkyl halides is 6. The lowest BCUT2D eigenvalue weighted by atomic mass is 9.72. The summed E-state index contributed by atoms with van der Waals surface area (Å²) in [5.74, 6) is -6.76. The van der Waals surface area contributed by atoms with Crippen molar-refractivity contribution in [1.82, 2.24) is 9.80 Å². The number of carbonyl (C=O) groups excluding carboxylic acids is 3. The van der Waals surface area contributed by atoms with E-state index in [0.717, 1.165) is 9.80 Å². The molecule has 1 saturated heterocycles. The number of nitrogens with two attached hydrogens (primary N) is 4. The molecule has 2 aromatic carbocycles. The van der Waals surface area contributed by atoms with Crippen LogP contribution < -0.4 is 22.9 Å². The monoisotopic (exact) mass is 986 g/mol. The fourth-order valence-corrected chi connectivity index (χ4v) is 5.76. The molecule has 0 radical (unpaired) electrons. The zero-order chi connectivity index (χ0) is 43.9. The highest BCUT2D eigenvalue weighted by atomic mass is 79.9. The molecule has 3 rings (SSSR count). The number of imide groups is 2. The average Bonchev–Trinajstić information content (AvgIpc) is 3.09. The molecular formula is C32H36Br2Cl2F6N8O7. The minimum absolute atomic E-state index is 0.00757. The van der Waals surface area contributed by atoms with Gasteiger partial charge >= 0.3 is 30.3 Å². The normalized spacial score (nSPS) is 13.8. The van der Waals surface area contributed by atoms with Crippen molar-refractivity contribution in [3.05, 3.63) is 66.5 Å².